The van der Waals surface area contributed by atoms with Gasteiger partial charge in [-0.1, -0.05) is 0 Å². The fourth-order valence-corrected chi connectivity index (χ4v) is 3.96. The summed E-state index contributed by atoms with van der Waals surface area (Å²) in [6.07, 6.45) is -0.614. The fraction of sp³-hybridized carbons (Fsp3) is 0.647. The molecule has 9 nitrogen and oxygen atoms in total. The van der Waals surface area contributed by atoms with Gasteiger partial charge in [0.15, 0.2) is 0 Å². The Morgan fingerprint density at radius 1 is 1.28 bits per heavy atom. The third-order valence-electron chi connectivity index (χ3n) is 5.50. The standard InChI is InChI=1S/C15H19N3O4.C2HF3O2/c19-13(11-7-17-4-1-2-12(17)16-11)18-6-10-3-5-22-9-15(10,8-18)14(20)21;3-2(4,5)1(6)7/h7,10H,1-6,8-9H2,(H,20,21);(H,6,7)/t10-,15+;/m1./s1. The van der Waals surface area contributed by atoms with E-state index in [4.69, 9.17) is 14.6 Å². The van der Waals surface area contributed by atoms with Crippen LogP contribution in [0.3, 0.4) is 0 Å². The molecule has 29 heavy (non-hydrogen) atoms. The lowest BCUT2D eigenvalue weighted by Gasteiger charge is -2.33. The summed E-state index contributed by atoms with van der Waals surface area (Å²) in [5, 5.41) is 16.8. The van der Waals surface area contributed by atoms with Crippen molar-refractivity contribution in [2.24, 2.45) is 11.3 Å². The summed E-state index contributed by atoms with van der Waals surface area (Å²) in [6.45, 7) is 2.37. The number of rotatable bonds is 2. The molecule has 12 heteroatoms. The van der Waals surface area contributed by atoms with Gasteiger partial charge >= 0.3 is 18.1 Å². The molecular weight excluding hydrogens is 399 g/mol. The zero-order chi connectivity index (χ0) is 21.4. The van der Waals surface area contributed by atoms with Gasteiger partial charge in [0.1, 0.15) is 16.9 Å². The molecule has 1 aromatic heterocycles. The Morgan fingerprint density at radius 3 is 2.52 bits per heavy atom. The maximum atomic E-state index is 12.7. The third kappa shape index (κ3) is 4.07. The normalized spacial score (nSPS) is 25.6. The number of halogens is 3. The summed E-state index contributed by atoms with van der Waals surface area (Å²) in [6, 6.07) is 0. The minimum Gasteiger partial charge on any atom is -0.481 e. The highest BCUT2D eigenvalue weighted by Gasteiger charge is 2.55. The number of hydrogen-bond donors (Lipinski definition) is 2. The lowest BCUT2D eigenvalue weighted by atomic mass is 9.76. The van der Waals surface area contributed by atoms with Crippen molar-refractivity contribution in [3.05, 3.63) is 17.7 Å². The van der Waals surface area contributed by atoms with E-state index < -0.39 is 23.5 Å². The lowest BCUT2D eigenvalue weighted by Crippen LogP contribution is -2.46. The average molecular weight is 419 g/mol. The molecule has 1 amide bonds. The second-order valence-corrected chi connectivity index (χ2v) is 7.33. The molecule has 0 radical (unpaired) electrons. The van der Waals surface area contributed by atoms with Crippen molar-refractivity contribution in [2.75, 3.05) is 26.3 Å². The summed E-state index contributed by atoms with van der Waals surface area (Å²) < 4.78 is 39.1. The number of likely N-dealkylation sites (tertiary alicyclic amines) is 1. The predicted octanol–water partition coefficient (Wildman–Crippen LogP) is 1.03. The maximum Gasteiger partial charge on any atom is 0.490 e. The van der Waals surface area contributed by atoms with E-state index in [2.05, 4.69) is 4.98 Å². The van der Waals surface area contributed by atoms with E-state index in [1.54, 1.807) is 11.1 Å². The largest absolute Gasteiger partial charge is 0.490 e. The number of ether oxygens (including phenoxy) is 1. The summed E-state index contributed by atoms with van der Waals surface area (Å²) in [5.74, 6) is -2.85. The number of aryl methyl sites for hydroxylation is 2. The summed E-state index contributed by atoms with van der Waals surface area (Å²) in [4.78, 5) is 39.4. The van der Waals surface area contributed by atoms with E-state index in [9.17, 15) is 27.9 Å². The second-order valence-electron chi connectivity index (χ2n) is 7.33. The van der Waals surface area contributed by atoms with Gasteiger partial charge in [-0.2, -0.15) is 13.2 Å². The van der Waals surface area contributed by atoms with Gasteiger partial charge in [-0.05, 0) is 18.8 Å². The number of amides is 1. The molecule has 0 aliphatic carbocycles. The monoisotopic (exact) mass is 419 g/mol. The van der Waals surface area contributed by atoms with E-state index in [1.807, 2.05) is 4.57 Å². The Labute approximate surface area is 163 Å². The summed E-state index contributed by atoms with van der Waals surface area (Å²) >= 11 is 0. The number of carbonyl (C=O) groups is 3. The molecule has 1 aromatic rings. The van der Waals surface area contributed by atoms with Crippen molar-refractivity contribution in [1.82, 2.24) is 14.5 Å². The first kappa shape index (κ1) is 21.1. The van der Waals surface area contributed by atoms with Crippen molar-refractivity contribution in [1.29, 1.82) is 0 Å². The van der Waals surface area contributed by atoms with Crippen LogP contribution in [0.4, 0.5) is 13.2 Å². The Bertz CT molecular complexity index is 802. The molecule has 2 N–H and O–H groups in total. The summed E-state index contributed by atoms with van der Waals surface area (Å²) in [7, 11) is 0. The second kappa shape index (κ2) is 7.65. The number of carboxylic acid groups (broad SMARTS) is 2. The number of carboxylic acids is 2. The first-order chi connectivity index (χ1) is 13.5. The van der Waals surface area contributed by atoms with E-state index in [-0.39, 0.29) is 25.0 Å². The minimum absolute atomic E-state index is 0.0304. The molecule has 0 spiro atoms. The number of fused-ring (bicyclic) bond motifs is 2. The van der Waals surface area contributed by atoms with Crippen LogP contribution in [0.15, 0.2) is 6.20 Å². The van der Waals surface area contributed by atoms with Crippen molar-refractivity contribution in [3.8, 4) is 0 Å². The van der Waals surface area contributed by atoms with Gasteiger partial charge in [-0.3, -0.25) is 9.59 Å². The van der Waals surface area contributed by atoms with Crippen LogP contribution in [0.5, 0.6) is 0 Å². The average Bonchev–Trinajstić information content (AvgIpc) is 3.33. The molecule has 2 saturated heterocycles. The molecular formula is C17H20F3N3O6. The molecule has 4 rings (SSSR count). The number of carbonyl (C=O) groups excluding carboxylic acids is 1. The van der Waals surface area contributed by atoms with Crippen LogP contribution in [0.1, 0.15) is 29.2 Å². The van der Waals surface area contributed by atoms with Crippen LogP contribution in [0.25, 0.3) is 0 Å². The molecule has 4 heterocycles. The fourth-order valence-electron chi connectivity index (χ4n) is 3.96. The highest BCUT2D eigenvalue weighted by atomic mass is 19.4. The molecule has 2 fully saturated rings. The van der Waals surface area contributed by atoms with Gasteiger partial charge in [0.2, 0.25) is 0 Å². The zero-order valence-electron chi connectivity index (χ0n) is 15.3. The van der Waals surface area contributed by atoms with Crippen molar-refractivity contribution in [3.63, 3.8) is 0 Å². The number of imidazole rings is 1. The van der Waals surface area contributed by atoms with Gasteiger partial charge in [0.05, 0.1) is 6.61 Å². The molecule has 0 bridgehead atoms. The molecule has 160 valence electrons. The number of alkyl halides is 3. The van der Waals surface area contributed by atoms with Gasteiger partial charge in [0.25, 0.3) is 5.91 Å². The van der Waals surface area contributed by atoms with Crippen molar-refractivity contribution in [2.45, 2.75) is 32.0 Å². The van der Waals surface area contributed by atoms with E-state index in [1.165, 1.54) is 0 Å². The van der Waals surface area contributed by atoms with Crippen LogP contribution in [-0.4, -0.2) is 75.0 Å². The molecule has 3 aliphatic heterocycles. The Kier molecular flexibility index (Phi) is 5.57. The Hall–Kier alpha value is -2.63. The number of nitrogens with zero attached hydrogens (tertiary/aromatic N) is 3. The number of aliphatic carboxylic acids is 2. The van der Waals surface area contributed by atoms with Gasteiger partial charge < -0.3 is 24.4 Å². The van der Waals surface area contributed by atoms with Crippen molar-refractivity contribution < 1.29 is 42.5 Å². The van der Waals surface area contributed by atoms with Gasteiger partial charge in [0, 0.05) is 38.9 Å². The minimum atomic E-state index is -5.08. The number of hydrogen-bond acceptors (Lipinski definition) is 5. The van der Waals surface area contributed by atoms with E-state index >= 15 is 0 Å². The highest BCUT2D eigenvalue weighted by molar-refractivity contribution is 5.93. The smallest absolute Gasteiger partial charge is 0.481 e. The quantitative estimate of drug-likeness (QED) is 0.734. The summed E-state index contributed by atoms with van der Waals surface area (Å²) in [5.41, 5.74) is -0.508. The van der Waals surface area contributed by atoms with Crippen molar-refractivity contribution >= 4 is 17.8 Å². The van der Waals surface area contributed by atoms with Crippen LogP contribution in [0.2, 0.25) is 0 Å². The SMILES string of the molecule is O=C(O)C(F)(F)F.O=C(c1cn2c(n1)CCC2)N1C[C@H]2CCOC[C@@]2(C(=O)O)C1. The third-order valence-corrected chi connectivity index (χ3v) is 5.50. The first-order valence-electron chi connectivity index (χ1n) is 9.01. The molecule has 0 aromatic carbocycles. The van der Waals surface area contributed by atoms with Crippen LogP contribution >= 0.6 is 0 Å². The topological polar surface area (TPSA) is 122 Å². The predicted molar refractivity (Wildman–Crippen MR) is 89.1 cm³/mol. The van der Waals surface area contributed by atoms with Crippen LogP contribution in [-0.2, 0) is 27.3 Å². The number of aromatic nitrogens is 2. The van der Waals surface area contributed by atoms with E-state index in [0.29, 0.717) is 25.3 Å². The zero-order valence-corrected chi connectivity index (χ0v) is 15.3. The Morgan fingerprint density at radius 2 is 1.97 bits per heavy atom. The first-order valence-corrected chi connectivity index (χ1v) is 9.01. The van der Waals surface area contributed by atoms with Gasteiger partial charge in [-0.25, -0.2) is 9.78 Å². The van der Waals surface area contributed by atoms with Crippen LogP contribution < -0.4 is 0 Å². The highest BCUT2D eigenvalue weighted by Crippen LogP contribution is 2.42. The Balaban J connectivity index is 0.000000298. The maximum absolute atomic E-state index is 12.7. The van der Waals surface area contributed by atoms with E-state index in [0.717, 1.165) is 25.2 Å². The molecule has 0 unspecified atom stereocenters. The van der Waals surface area contributed by atoms with Gasteiger partial charge in [-0.15, -0.1) is 0 Å². The molecule has 2 atom stereocenters. The molecule has 3 aliphatic rings. The molecule has 0 saturated carbocycles. The lowest BCUT2D eigenvalue weighted by molar-refractivity contribution is -0.192. The van der Waals surface area contributed by atoms with Crippen LogP contribution in [0, 0.1) is 11.3 Å².